The third kappa shape index (κ3) is 8.75. The molecule has 2 aliphatic rings. The average Bonchev–Trinajstić information content (AvgIpc) is 3.39. The van der Waals surface area contributed by atoms with E-state index in [0.717, 1.165) is 13.0 Å². The van der Waals surface area contributed by atoms with Crippen molar-refractivity contribution in [3.63, 3.8) is 0 Å². The fourth-order valence-electron chi connectivity index (χ4n) is 6.58. The van der Waals surface area contributed by atoms with Gasteiger partial charge in [0, 0.05) is 17.8 Å². The summed E-state index contributed by atoms with van der Waals surface area (Å²) in [5, 5.41) is 6.83. The molecule has 1 aliphatic heterocycles. The van der Waals surface area contributed by atoms with Gasteiger partial charge in [0.1, 0.15) is 5.82 Å². The average molecular weight is 747 g/mol. The van der Waals surface area contributed by atoms with Crippen molar-refractivity contribution < 1.29 is 13.5 Å². The Bertz CT molecular complexity index is 1630. The van der Waals surface area contributed by atoms with Gasteiger partial charge in [-0.25, -0.2) is 0 Å². The Labute approximate surface area is 286 Å². The van der Waals surface area contributed by atoms with Crippen LogP contribution in [0.4, 0.5) is 5.69 Å². The van der Waals surface area contributed by atoms with Gasteiger partial charge in [0.25, 0.3) is 0 Å². The second kappa shape index (κ2) is 16.0. The van der Waals surface area contributed by atoms with E-state index in [2.05, 4.69) is 131 Å². The number of nitrogens with zero attached hydrogens (tertiary/aromatic N) is 1. The molecule has 0 spiro atoms. The first kappa shape index (κ1) is 35.6. The molecule has 3 aromatic rings. The van der Waals surface area contributed by atoms with Crippen molar-refractivity contribution in [2.75, 3.05) is 18.1 Å². The first-order chi connectivity index (χ1) is 21.4. The van der Waals surface area contributed by atoms with Gasteiger partial charge < -0.3 is 10.2 Å². The Morgan fingerprint density at radius 1 is 0.889 bits per heavy atom. The van der Waals surface area contributed by atoms with Crippen LogP contribution in [0.25, 0.3) is 0 Å². The number of rotatable bonds is 5. The van der Waals surface area contributed by atoms with E-state index in [1.165, 1.54) is 72.2 Å². The second-order valence-corrected chi connectivity index (χ2v) is 20.2. The summed E-state index contributed by atoms with van der Waals surface area (Å²) >= 11 is -1.52. The number of hydrogen-bond acceptors (Lipinski definition) is 2. The predicted octanol–water partition coefficient (Wildman–Crippen LogP) is 10.9. The molecule has 1 fully saturated rings. The zero-order chi connectivity index (χ0) is 32.8. The number of allylic oxidation sites excluding steroid dienone is 7. The van der Waals surface area contributed by atoms with Gasteiger partial charge in [0.05, 0.1) is 6.04 Å². The number of halogens is 2. The zero-order valence-electron chi connectivity index (χ0n) is 28.1. The van der Waals surface area contributed by atoms with Crippen LogP contribution >= 0.6 is 27.3 Å². The van der Waals surface area contributed by atoms with Crippen molar-refractivity contribution in [3.8, 4) is 0 Å². The number of aryl methyl sites for hydroxylation is 6. The molecule has 0 saturated carbocycles. The van der Waals surface area contributed by atoms with Crippen LogP contribution in [-0.4, -0.2) is 17.8 Å². The maximum atomic E-state index is 5.53. The Kier molecular flexibility index (Phi) is 12.7. The normalized spacial score (nSPS) is 18.4. The number of benzene rings is 3. The largest absolute Gasteiger partial charge is 0.369 e. The minimum absolute atomic E-state index is 0.246. The maximum Gasteiger partial charge on any atom is 0.111 e. The summed E-state index contributed by atoms with van der Waals surface area (Å²) in [4.78, 5) is 2.64. The van der Waals surface area contributed by atoms with Gasteiger partial charge >= 0.3 is 63.0 Å². The predicted molar refractivity (Wildman–Crippen MR) is 200 cm³/mol. The zero-order valence-corrected chi connectivity index (χ0v) is 32.2. The van der Waals surface area contributed by atoms with Gasteiger partial charge in [-0.05, 0) is 101 Å². The first-order valence-electron chi connectivity index (χ1n) is 15.4. The standard InChI is InChI=1S/C34H39N2P.C5H8.2ClH.Ru/c1-22-17-24(3)32(25(4)18-22)30-21-35-34(36(30)33-26(5)19-23(2)20-27(33)6)29-15-11-12-16-31(29)37(7)28-13-9-8-10-14-28;1-4-5(2)3;;;/h8-14,16-20,30,35H,15,21H2,1-7H3;1,4H,2-3H3;2*1H;/q;;;;+2/p-2. The molecule has 0 radical (unpaired) electrons. The summed E-state index contributed by atoms with van der Waals surface area (Å²) in [5.74, 6) is 1.28. The van der Waals surface area contributed by atoms with E-state index in [-0.39, 0.29) is 6.04 Å². The summed E-state index contributed by atoms with van der Waals surface area (Å²) in [6, 6.07) is 20.6. The summed E-state index contributed by atoms with van der Waals surface area (Å²) in [6.45, 7) is 20.9. The quantitative estimate of drug-likeness (QED) is 0.207. The van der Waals surface area contributed by atoms with Gasteiger partial charge in [-0.2, -0.15) is 0 Å². The molecular weight excluding hydrogens is 699 g/mol. The first-order valence-corrected chi connectivity index (χ1v) is 22.7. The number of anilines is 1. The SMILES string of the molecule is CC(C)=C[CH]=[Ru]([Cl])[Cl].Cc1cc(C)c(C2CNC(=C3CC=CC=C3P(C)c3ccccc3)N2c2c(C)cc(C)cc2C)c(C)c1. The van der Waals surface area contributed by atoms with Gasteiger partial charge in [-0.1, -0.05) is 84.0 Å². The molecule has 0 bridgehead atoms. The minimum Gasteiger partial charge on any atom is -0.369 e. The van der Waals surface area contributed by atoms with Crippen LogP contribution in [0.2, 0.25) is 0 Å². The molecule has 3 aromatic carbocycles. The molecule has 0 aromatic heterocycles. The number of hydrogen-bond donors (Lipinski definition) is 1. The van der Waals surface area contributed by atoms with Crippen molar-refractivity contribution in [1.82, 2.24) is 5.32 Å². The van der Waals surface area contributed by atoms with E-state index >= 15 is 0 Å². The van der Waals surface area contributed by atoms with E-state index in [9.17, 15) is 0 Å². The third-order valence-electron chi connectivity index (χ3n) is 8.26. The molecule has 1 heterocycles. The van der Waals surface area contributed by atoms with E-state index in [1.807, 2.05) is 24.5 Å². The molecule has 1 N–H and O–H groups in total. The smallest absolute Gasteiger partial charge is 0.111 e. The second-order valence-electron chi connectivity index (χ2n) is 12.3. The molecule has 2 unspecified atom stereocenters. The summed E-state index contributed by atoms with van der Waals surface area (Å²) in [5.41, 5.74) is 13.6. The van der Waals surface area contributed by atoms with Crippen molar-refractivity contribution in [2.45, 2.75) is 67.9 Å². The van der Waals surface area contributed by atoms with Crippen LogP contribution in [0.5, 0.6) is 0 Å². The summed E-state index contributed by atoms with van der Waals surface area (Å²) in [7, 11) is 10.6. The molecule has 2 atom stereocenters. The van der Waals surface area contributed by atoms with Crippen molar-refractivity contribution in [2.24, 2.45) is 0 Å². The van der Waals surface area contributed by atoms with Crippen LogP contribution in [0.15, 0.2) is 101 Å². The maximum absolute atomic E-state index is 5.53. The third-order valence-corrected chi connectivity index (χ3v) is 12.3. The molecule has 0 amide bonds. The Morgan fingerprint density at radius 2 is 1.47 bits per heavy atom. The van der Waals surface area contributed by atoms with E-state index in [4.69, 9.17) is 19.4 Å². The van der Waals surface area contributed by atoms with E-state index in [0.29, 0.717) is 0 Å². The topological polar surface area (TPSA) is 15.3 Å². The number of nitrogens with one attached hydrogen (secondary N) is 1. The molecule has 2 nitrogen and oxygen atoms in total. The Balaban J connectivity index is 0.000000510. The van der Waals surface area contributed by atoms with Gasteiger partial charge in [0.2, 0.25) is 0 Å². The fourth-order valence-corrected chi connectivity index (χ4v) is 9.72. The molecule has 5 rings (SSSR count). The van der Waals surface area contributed by atoms with Crippen LogP contribution < -0.4 is 15.5 Å². The Morgan fingerprint density at radius 3 is 2.00 bits per heavy atom. The van der Waals surface area contributed by atoms with Crippen LogP contribution in [0, 0.1) is 41.5 Å². The molecule has 6 heteroatoms. The minimum atomic E-state index is -1.52. The molecule has 240 valence electrons. The van der Waals surface area contributed by atoms with Crippen LogP contribution in [-0.2, 0) is 13.5 Å². The van der Waals surface area contributed by atoms with Crippen LogP contribution in [0.1, 0.15) is 65.3 Å². The molecule has 45 heavy (non-hydrogen) atoms. The summed E-state index contributed by atoms with van der Waals surface area (Å²) in [6.07, 6.45) is 9.82. The molecular formula is C39H47Cl2N2PRu. The van der Waals surface area contributed by atoms with E-state index < -0.39 is 21.4 Å². The summed E-state index contributed by atoms with van der Waals surface area (Å²) < 4.78 is 1.88. The van der Waals surface area contributed by atoms with Crippen LogP contribution in [0.3, 0.4) is 0 Å². The van der Waals surface area contributed by atoms with Crippen molar-refractivity contribution in [3.05, 3.63) is 140 Å². The van der Waals surface area contributed by atoms with E-state index in [1.54, 1.807) is 0 Å². The van der Waals surface area contributed by atoms with Gasteiger partial charge in [-0.15, -0.1) is 0 Å². The van der Waals surface area contributed by atoms with Gasteiger partial charge in [0.15, 0.2) is 0 Å². The fraction of sp³-hybridized carbons (Fsp3) is 0.308. The molecule has 1 aliphatic carbocycles. The molecule has 1 saturated heterocycles. The van der Waals surface area contributed by atoms with Crippen molar-refractivity contribution in [1.29, 1.82) is 0 Å². The van der Waals surface area contributed by atoms with Crippen molar-refractivity contribution >= 4 is 42.9 Å². The van der Waals surface area contributed by atoms with Gasteiger partial charge in [-0.3, -0.25) is 0 Å². The Hall–Kier alpha value is -2.28. The monoisotopic (exact) mass is 746 g/mol.